The normalized spacial score (nSPS) is 11.0. The Morgan fingerprint density at radius 2 is 1.78 bits per heavy atom. The number of methoxy groups -OCH3 is 1. The van der Waals surface area contributed by atoms with Gasteiger partial charge >= 0.3 is 6.09 Å². The number of hydrogen-bond acceptors (Lipinski definition) is 4. The first-order valence-electron chi connectivity index (χ1n) is 7.54. The third kappa shape index (κ3) is 7.65. The third-order valence-electron chi connectivity index (χ3n) is 2.89. The molecule has 0 aliphatic carbocycles. The molecule has 1 rings (SSSR count). The SMILES string of the molecule is COCCN(CC(=O)Nc1ccc(C)cc1)C(=O)OC(C)(C)C. The molecule has 1 N–H and O–H groups in total. The van der Waals surface area contributed by atoms with Crippen molar-refractivity contribution < 1.29 is 19.1 Å². The van der Waals surface area contributed by atoms with Gasteiger partial charge < -0.3 is 14.8 Å². The maximum Gasteiger partial charge on any atom is 0.410 e. The Morgan fingerprint density at radius 1 is 1.17 bits per heavy atom. The van der Waals surface area contributed by atoms with Gasteiger partial charge in [-0.3, -0.25) is 9.69 Å². The highest BCUT2D eigenvalue weighted by molar-refractivity contribution is 5.93. The summed E-state index contributed by atoms with van der Waals surface area (Å²) in [6.45, 7) is 7.85. The van der Waals surface area contributed by atoms with Gasteiger partial charge in [-0.15, -0.1) is 0 Å². The van der Waals surface area contributed by atoms with Crippen LogP contribution < -0.4 is 5.32 Å². The second kappa shape index (κ2) is 8.53. The van der Waals surface area contributed by atoms with Crippen molar-refractivity contribution in [2.24, 2.45) is 0 Å². The van der Waals surface area contributed by atoms with Crippen LogP contribution in [0.3, 0.4) is 0 Å². The van der Waals surface area contributed by atoms with E-state index >= 15 is 0 Å². The molecule has 0 spiro atoms. The summed E-state index contributed by atoms with van der Waals surface area (Å²) < 4.78 is 10.3. The molecule has 0 saturated heterocycles. The van der Waals surface area contributed by atoms with Crippen molar-refractivity contribution in [1.82, 2.24) is 4.90 Å². The lowest BCUT2D eigenvalue weighted by Crippen LogP contribution is -2.42. The topological polar surface area (TPSA) is 67.9 Å². The van der Waals surface area contributed by atoms with Crippen LogP contribution in [0.5, 0.6) is 0 Å². The zero-order valence-electron chi connectivity index (χ0n) is 14.5. The molecule has 23 heavy (non-hydrogen) atoms. The fourth-order valence-corrected chi connectivity index (χ4v) is 1.77. The molecule has 0 atom stereocenters. The Balaban J connectivity index is 2.66. The van der Waals surface area contributed by atoms with E-state index in [0.29, 0.717) is 12.3 Å². The van der Waals surface area contributed by atoms with Crippen LogP contribution in [0.2, 0.25) is 0 Å². The van der Waals surface area contributed by atoms with E-state index in [-0.39, 0.29) is 19.0 Å². The zero-order chi connectivity index (χ0) is 17.5. The number of amides is 2. The number of nitrogens with zero attached hydrogens (tertiary/aromatic N) is 1. The molecule has 1 aromatic rings. The van der Waals surface area contributed by atoms with Gasteiger partial charge in [0, 0.05) is 19.3 Å². The summed E-state index contributed by atoms with van der Waals surface area (Å²) in [5.41, 5.74) is 1.19. The fraction of sp³-hybridized carbons (Fsp3) is 0.529. The van der Waals surface area contributed by atoms with Crippen LogP contribution in [-0.2, 0) is 14.3 Å². The van der Waals surface area contributed by atoms with Gasteiger partial charge in [0.1, 0.15) is 12.1 Å². The van der Waals surface area contributed by atoms with E-state index in [2.05, 4.69) is 5.32 Å². The maximum atomic E-state index is 12.2. The van der Waals surface area contributed by atoms with Crippen LogP contribution in [0.15, 0.2) is 24.3 Å². The Labute approximate surface area is 137 Å². The van der Waals surface area contributed by atoms with E-state index in [1.54, 1.807) is 27.9 Å². The van der Waals surface area contributed by atoms with Crippen LogP contribution in [0.4, 0.5) is 10.5 Å². The molecule has 0 aliphatic rings. The number of carbonyl (C=O) groups excluding carboxylic acids is 2. The molecule has 0 fully saturated rings. The third-order valence-corrected chi connectivity index (χ3v) is 2.89. The summed E-state index contributed by atoms with van der Waals surface area (Å²) in [5, 5.41) is 2.76. The van der Waals surface area contributed by atoms with Crippen molar-refractivity contribution in [2.75, 3.05) is 32.1 Å². The number of rotatable bonds is 6. The number of anilines is 1. The standard InChI is InChI=1S/C17H26N2O4/c1-13-6-8-14(9-7-13)18-15(20)12-19(10-11-22-5)16(21)23-17(2,3)4/h6-9H,10-12H2,1-5H3,(H,18,20). The van der Waals surface area contributed by atoms with Gasteiger partial charge in [-0.05, 0) is 39.8 Å². The van der Waals surface area contributed by atoms with Crippen LogP contribution in [-0.4, -0.2) is 49.3 Å². The minimum absolute atomic E-state index is 0.0911. The molecule has 0 saturated carbocycles. The van der Waals surface area contributed by atoms with E-state index in [1.807, 2.05) is 31.2 Å². The van der Waals surface area contributed by atoms with Crippen LogP contribution >= 0.6 is 0 Å². The second-order valence-electron chi connectivity index (χ2n) is 6.31. The van der Waals surface area contributed by atoms with Gasteiger partial charge in [0.15, 0.2) is 0 Å². The lowest BCUT2D eigenvalue weighted by atomic mass is 10.2. The summed E-state index contributed by atoms with van der Waals surface area (Å²) in [5.74, 6) is -0.282. The summed E-state index contributed by atoms with van der Waals surface area (Å²) in [6.07, 6.45) is -0.534. The second-order valence-corrected chi connectivity index (χ2v) is 6.31. The van der Waals surface area contributed by atoms with Crippen molar-refractivity contribution >= 4 is 17.7 Å². The summed E-state index contributed by atoms with van der Waals surface area (Å²) >= 11 is 0. The Bertz CT molecular complexity index is 520. The predicted octanol–water partition coefficient (Wildman–Crippen LogP) is 2.82. The first kappa shape index (κ1) is 19.0. The average Bonchev–Trinajstić information content (AvgIpc) is 2.44. The molecule has 0 aromatic heterocycles. The van der Waals surface area contributed by atoms with Gasteiger partial charge in [0.05, 0.1) is 6.61 Å². The summed E-state index contributed by atoms with van der Waals surface area (Å²) in [6, 6.07) is 7.46. The first-order valence-corrected chi connectivity index (χ1v) is 7.54. The smallest absolute Gasteiger partial charge is 0.410 e. The molecule has 0 heterocycles. The number of benzene rings is 1. The van der Waals surface area contributed by atoms with E-state index < -0.39 is 11.7 Å². The highest BCUT2D eigenvalue weighted by atomic mass is 16.6. The van der Waals surface area contributed by atoms with Crippen molar-refractivity contribution in [2.45, 2.75) is 33.3 Å². The Morgan fingerprint density at radius 3 is 2.30 bits per heavy atom. The molecule has 0 aliphatic heterocycles. The molecule has 0 unspecified atom stereocenters. The van der Waals surface area contributed by atoms with E-state index in [0.717, 1.165) is 5.56 Å². The highest BCUT2D eigenvalue weighted by Gasteiger charge is 2.23. The fourth-order valence-electron chi connectivity index (χ4n) is 1.77. The van der Waals surface area contributed by atoms with E-state index in [4.69, 9.17) is 9.47 Å². The quantitative estimate of drug-likeness (QED) is 0.874. The lowest BCUT2D eigenvalue weighted by molar-refractivity contribution is -0.117. The maximum absolute atomic E-state index is 12.2. The Kier molecular flexibility index (Phi) is 7.03. The van der Waals surface area contributed by atoms with E-state index in [9.17, 15) is 9.59 Å². The molecule has 6 heteroatoms. The minimum atomic E-state index is -0.615. The molecule has 128 valence electrons. The number of nitrogens with one attached hydrogen (secondary N) is 1. The lowest BCUT2D eigenvalue weighted by Gasteiger charge is -2.26. The van der Waals surface area contributed by atoms with Gasteiger partial charge in [-0.25, -0.2) is 4.79 Å². The number of aryl methyl sites for hydroxylation is 1. The predicted molar refractivity (Wildman–Crippen MR) is 89.5 cm³/mol. The molecular weight excluding hydrogens is 296 g/mol. The molecule has 0 radical (unpaired) electrons. The van der Waals surface area contributed by atoms with Crippen molar-refractivity contribution in [1.29, 1.82) is 0 Å². The van der Waals surface area contributed by atoms with E-state index in [1.165, 1.54) is 4.90 Å². The summed E-state index contributed by atoms with van der Waals surface area (Å²) in [7, 11) is 1.54. The Hall–Kier alpha value is -2.08. The molecule has 2 amide bonds. The van der Waals surface area contributed by atoms with Crippen molar-refractivity contribution in [3.63, 3.8) is 0 Å². The molecule has 1 aromatic carbocycles. The monoisotopic (exact) mass is 322 g/mol. The minimum Gasteiger partial charge on any atom is -0.444 e. The first-order chi connectivity index (χ1) is 10.7. The number of ether oxygens (including phenoxy) is 2. The molecular formula is C17H26N2O4. The summed E-state index contributed by atoms with van der Waals surface area (Å²) in [4.78, 5) is 25.6. The van der Waals surface area contributed by atoms with Gasteiger partial charge in [-0.1, -0.05) is 17.7 Å². The van der Waals surface area contributed by atoms with Gasteiger partial charge in [-0.2, -0.15) is 0 Å². The van der Waals surface area contributed by atoms with Crippen LogP contribution in [0.25, 0.3) is 0 Å². The van der Waals surface area contributed by atoms with Gasteiger partial charge in [0.25, 0.3) is 0 Å². The van der Waals surface area contributed by atoms with Crippen LogP contribution in [0.1, 0.15) is 26.3 Å². The average molecular weight is 322 g/mol. The van der Waals surface area contributed by atoms with Crippen molar-refractivity contribution in [3.05, 3.63) is 29.8 Å². The van der Waals surface area contributed by atoms with Crippen molar-refractivity contribution in [3.8, 4) is 0 Å². The largest absolute Gasteiger partial charge is 0.444 e. The van der Waals surface area contributed by atoms with Gasteiger partial charge in [0.2, 0.25) is 5.91 Å². The highest BCUT2D eigenvalue weighted by Crippen LogP contribution is 2.11. The molecule has 6 nitrogen and oxygen atoms in total. The molecule has 0 bridgehead atoms. The number of hydrogen-bond donors (Lipinski definition) is 1. The zero-order valence-corrected chi connectivity index (χ0v) is 14.5. The van der Waals surface area contributed by atoms with Crippen LogP contribution in [0, 0.1) is 6.92 Å². The number of carbonyl (C=O) groups is 2.